The highest BCUT2D eigenvalue weighted by molar-refractivity contribution is 5.63. The minimum Gasteiger partial charge on any atom is -0.256 e. The number of nitrogens with zero attached hydrogens (tertiary/aromatic N) is 1. The summed E-state index contributed by atoms with van der Waals surface area (Å²) in [6.45, 7) is 2.20. The minimum atomic E-state index is 1.07. The van der Waals surface area contributed by atoms with Crippen molar-refractivity contribution < 1.29 is 0 Å². The summed E-state index contributed by atoms with van der Waals surface area (Å²) in [6.07, 6.45) is 4.13. The minimum absolute atomic E-state index is 1.07. The second-order valence-electron chi connectivity index (χ2n) is 3.62. The molecule has 2 aromatic rings. The number of pyridine rings is 1. The van der Waals surface area contributed by atoms with Crippen molar-refractivity contribution in [3.05, 3.63) is 54.2 Å². The standard InChI is InChI=1S/C14H15N/c1-2-7-12-8-3-4-9-13(12)14-10-5-6-11-15-14/h3-6,8-11H,2,7H2,1H3. The van der Waals surface area contributed by atoms with Gasteiger partial charge in [-0.2, -0.15) is 0 Å². The van der Waals surface area contributed by atoms with E-state index < -0.39 is 0 Å². The highest BCUT2D eigenvalue weighted by Gasteiger charge is 2.03. The first-order valence-electron chi connectivity index (χ1n) is 5.41. The molecular formula is C14H15N. The van der Waals surface area contributed by atoms with Crippen molar-refractivity contribution in [2.24, 2.45) is 0 Å². The van der Waals surface area contributed by atoms with E-state index in [1.54, 1.807) is 0 Å². The SMILES string of the molecule is CCCc1ccccc1-c1ccccn1. The Morgan fingerprint density at radius 1 is 1.00 bits per heavy atom. The Morgan fingerprint density at radius 2 is 1.80 bits per heavy atom. The second-order valence-corrected chi connectivity index (χ2v) is 3.62. The first-order chi connectivity index (χ1) is 7.42. The molecule has 0 aliphatic carbocycles. The quantitative estimate of drug-likeness (QED) is 0.731. The molecule has 0 atom stereocenters. The molecule has 0 radical (unpaired) electrons. The van der Waals surface area contributed by atoms with Crippen LogP contribution < -0.4 is 0 Å². The van der Waals surface area contributed by atoms with Crippen LogP contribution in [0.1, 0.15) is 18.9 Å². The first kappa shape index (κ1) is 9.91. The second kappa shape index (κ2) is 4.74. The van der Waals surface area contributed by atoms with E-state index in [2.05, 4.69) is 42.2 Å². The summed E-state index contributed by atoms with van der Waals surface area (Å²) >= 11 is 0. The number of benzene rings is 1. The van der Waals surface area contributed by atoms with E-state index in [9.17, 15) is 0 Å². The molecule has 0 spiro atoms. The molecule has 1 aromatic heterocycles. The van der Waals surface area contributed by atoms with Gasteiger partial charge >= 0.3 is 0 Å². The Morgan fingerprint density at radius 3 is 2.53 bits per heavy atom. The van der Waals surface area contributed by atoms with Crippen molar-refractivity contribution in [1.29, 1.82) is 0 Å². The van der Waals surface area contributed by atoms with Crippen molar-refractivity contribution in [2.45, 2.75) is 19.8 Å². The maximum atomic E-state index is 4.39. The smallest absolute Gasteiger partial charge is 0.0704 e. The summed E-state index contributed by atoms with van der Waals surface area (Å²) in [6, 6.07) is 14.5. The van der Waals surface area contributed by atoms with Gasteiger partial charge in [0.1, 0.15) is 0 Å². The molecule has 0 fully saturated rings. The zero-order valence-corrected chi connectivity index (χ0v) is 8.98. The normalized spacial score (nSPS) is 10.2. The largest absolute Gasteiger partial charge is 0.256 e. The van der Waals surface area contributed by atoms with Crippen molar-refractivity contribution in [2.75, 3.05) is 0 Å². The van der Waals surface area contributed by atoms with Gasteiger partial charge < -0.3 is 0 Å². The van der Waals surface area contributed by atoms with Gasteiger partial charge in [-0.3, -0.25) is 4.98 Å². The molecule has 0 unspecified atom stereocenters. The Labute approximate surface area is 90.8 Å². The molecule has 1 aromatic carbocycles. The van der Waals surface area contributed by atoms with Crippen LogP contribution in [0.5, 0.6) is 0 Å². The Kier molecular flexibility index (Phi) is 3.13. The Bertz CT molecular complexity index is 420. The molecule has 0 aliphatic rings. The molecule has 1 heterocycles. The lowest BCUT2D eigenvalue weighted by molar-refractivity contribution is 0.922. The van der Waals surface area contributed by atoms with E-state index in [1.165, 1.54) is 17.5 Å². The number of hydrogen-bond acceptors (Lipinski definition) is 1. The van der Waals surface area contributed by atoms with Crippen LogP contribution in [0.2, 0.25) is 0 Å². The van der Waals surface area contributed by atoms with Crippen LogP contribution in [-0.2, 0) is 6.42 Å². The van der Waals surface area contributed by atoms with Gasteiger partial charge in [-0.25, -0.2) is 0 Å². The topological polar surface area (TPSA) is 12.9 Å². The van der Waals surface area contributed by atoms with E-state index in [0.717, 1.165) is 12.1 Å². The average molecular weight is 197 g/mol. The fraction of sp³-hybridized carbons (Fsp3) is 0.214. The fourth-order valence-corrected chi connectivity index (χ4v) is 1.78. The Hall–Kier alpha value is -1.63. The Balaban J connectivity index is 2.43. The third kappa shape index (κ3) is 2.24. The van der Waals surface area contributed by atoms with E-state index in [-0.39, 0.29) is 0 Å². The van der Waals surface area contributed by atoms with Gasteiger partial charge in [0.05, 0.1) is 5.69 Å². The molecule has 0 saturated heterocycles. The molecule has 2 rings (SSSR count). The molecule has 0 amide bonds. The third-order valence-electron chi connectivity index (χ3n) is 2.48. The summed E-state index contributed by atoms with van der Waals surface area (Å²) in [5.74, 6) is 0. The van der Waals surface area contributed by atoms with Gasteiger partial charge in [0.15, 0.2) is 0 Å². The van der Waals surface area contributed by atoms with Crippen LogP contribution >= 0.6 is 0 Å². The monoisotopic (exact) mass is 197 g/mol. The molecule has 1 nitrogen and oxygen atoms in total. The number of hydrogen-bond donors (Lipinski definition) is 0. The summed E-state index contributed by atoms with van der Waals surface area (Å²) in [7, 11) is 0. The highest BCUT2D eigenvalue weighted by atomic mass is 14.7. The maximum absolute atomic E-state index is 4.39. The van der Waals surface area contributed by atoms with Gasteiger partial charge in [-0.1, -0.05) is 43.7 Å². The van der Waals surface area contributed by atoms with Gasteiger partial charge in [-0.15, -0.1) is 0 Å². The fourth-order valence-electron chi connectivity index (χ4n) is 1.78. The lowest BCUT2D eigenvalue weighted by Crippen LogP contribution is -1.90. The summed E-state index contributed by atoms with van der Waals surface area (Å²) in [4.78, 5) is 4.39. The lowest BCUT2D eigenvalue weighted by Gasteiger charge is -2.07. The van der Waals surface area contributed by atoms with Crippen molar-refractivity contribution >= 4 is 0 Å². The van der Waals surface area contributed by atoms with Crippen LogP contribution in [0.25, 0.3) is 11.3 Å². The molecule has 76 valence electrons. The zero-order valence-electron chi connectivity index (χ0n) is 8.98. The van der Waals surface area contributed by atoms with Gasteiger partial charge in [-0.05, 0) is 24.1 Å². The van der Waals surface area contributed by atoms with Crippen molar-refractivity contribution in [3.63, 3.8) is 0 Å². The van der Waals surface area contributed by atoms with Gasteiger partial charge in [0.2, 0.25) is 0 Å². The van der Waals surface area contributed by atoms with Crippen LogP contribution in [0.3, 0.4) is 0 Å². The molecule has 1 heteroatoms. The molecule has 0 saturated carbocycles. The molecular weight excluding hydrogens is 182 g/mol. The third-order valence-corrected chi connectivity index (χ3v) is 2.48. The summed E-state index contributed by atoms with van der Waals surface area (Å²) in [5, 5.41) is 0. The lowest BCUT2D eigenvalue weighted by atomic mass is 10.0. The van der Waals surface area contributed by atoms with E-state index in [4.69, 9.17) is 0 Å². The predicted molar refractivity (Wildman–Crippen MR) is 63.7 cm³/mol. The number of aromatic nitrogens is 1. The maximum Gasteiger partial charge on any atom is 0.0704 e. The summed E-state index contributed by atoms with van der Waals surface area (Å²) in [5.41, 5.74) is 3.72. The average Bonchev–Trinajstić information content (AvgIpc) is 2.31. The van der Waals surface area contributed by atoms with E-state index >= 15 is 0 Å². The van der Waals surface area contributed by atoms with Crippen LogP contribution in [0, 0.1) is 0 Å². The van der Waals surface area contributed by atoms with Gasteiger partial charge in [0.25, 0.3) is 0 Å². The predicted octanol–water partition coefficient (Wildman–Crippen LogP) is 3.70. The molecule has 15 heavy (non-hydrogen) atoms. The molecule has 0 N–H and O–H groups in total. The summed E-state index contributed by atoms with van der Waals surface area (Å²) < 4.78 is 0. The van der Waals surface area contributed by atoms with Crippen LogP contribution in [-0.4, -0.2) is 4.98 Å². The zero-order chi connectivity index (χ0) is 10.5. The molecule has 0 bridgehead atoms. The van der Waals surface area contributed by atoms with Gasteiger partial charge in [0, 0.05) is 11.8 Å². The van der Waals surface area contributed by atoms with Crippen LogP contribution in [0.15, 0.2) is 48.7 Å². The number of aryl methyl sites for hydroxylation is 1. The number of rotatable bonds is 3. The molecule has 0 aliphatic heterocycles. The first-order valence-corrected chi connectivity index (χ1v) is 5.41. The van der Waals surface area contributed by atoms with Crippen molar-refractivity contribution in [3.8, 4) is 11.3 Å². The van der Waals surface area contributed by atoms with Crippen LogP contribution in [0.4, 0.5) is 0 Å². The van der Waals surface area contributed by atoms with E-state index in [1.807, 2.05) is 18.3 Å². The van der Waals surface area contributed by atoms with Crippen molar-refractivity contribution in [1.82, 2.24) is 4.98 Å². The van der Waals surface area contributed by atoms with E-state index in [0.29, 0.717) is 0 Å². The highest BCUT2D eigenvalue weighted by Crippen LogP contribution is 2.22.